The molecule has 0 spiro atoms. The molecule has 4 rings (SSSR count). The summed E-state index contributed by atoms with van der Waals surface area (Å²) in [6.45, 7) is 2.37. The van der Waals surface area contributed by atoms with E-state index in [-0.39, 0.29) is 17.5 Å². The van der Waals surface area contributed by atoms with E-state index in [0.717, 1.165) is 5.56 Å². The van der Waals surface area contributed by atoms with E-state index in [4.69, 9.17) is 11.6 Å². The van der Waals surface area contributed by atoms with Crippen molar-refractivity contribution >= 4 is 23.2 Å². The van der Waals surface area contributed by atoms with E-state index in [9.17, 15) is 14.0 Å². The van der Waals surface area contributed by atoms with Crippen molar-refractivity contribution in [2.24, 2.45) is 5.92 Å². The first-order valence-corrected chi connectivity index (χ1v) is 10.5. The van der Waals surface area contributed by atoms with Crippen LogP contribution in [0.25, 0.3) is 11.3 Å². The number of nitrogens with one attached hydrogen (secondary N) is 1. The first-order valence-electron chi connectivity index (χ1n) is 10.1. The highest BCUT2D eigenvalue weighted by Gasteiger charge is 2.16. The van der Waals surface area contributed by atoms with Crippen LogP contribution in [0.2, 0.25) is 5.02 Å². The van der Waals surface area contributed by atoms with Crippen LogP contribution in [0.15, 0.2) is 65.7 Å². The maximum absolute atomic E-state index is 13.5. The van der Waals surface area contributed by atoms with E-state index in [1.807, 2.05) is 19.1 Å². The van der Waals surface area contributed by atoms with Crippen LogP contribution in [0.3, 0.4) is 0 Å². The van der Waals surface area contributed by atoms with Crippen molar-refractivity contribution in [1.29, 1.82) is 0 Å². The molecule has 0 fully saturated rings. The number of nitrogens with zero attached hydrogens (tertiary/aromatic N) is 4. The Morgan fingerprint density at radius 3 is 2.69 bits per heavy atom. The van der Waals surface area contributed by atoms with Gasteiger partial charge in [0.25, 0.3) is 0 Å². The van der Waals surface area contributed by atoms with E-state index in [1.165, 1.54) is 22.8 Å². The zero-order chi connectivity index (χ0) is 22.7. The minimum atomic E-state index is -0.431. The highest BCUT2D eigenvalue weighted by Crippen LogP contribution is 2.13. The molecule has 0 aliphatic rings. The van der Waals surface area contributed by atoms with Crippen molar-refractivity contribution in [2.45, 2.75) is 26.3 Å². The third kappa shape index (κ3) is 4.86. The second-order valence-corrected chi connectivity index (χ2v) is 8.12. The summed E-state index contributed by atoms with van der Waals surface area (Å²) in [5, 5.41) is 11.7. The van der Waals surface area contributed by atoms with Crippen LogP contribution in [0, 0.1) is 11.7 Å². The fraction of sp³-hybridized carbons (Fsp3) is 0.217. The van der Waals surface area contributed by atoms with Crippen LogP contribution in [0.1, 0.15) is 24.7 Å². The van der Waals surface area contributed by atoms with Gasteiger partial charge in [0.2, 0.25) is 11.6 Å². The van der Waals surface area contributed by atoms with Gasteiger partial charge in [0.05, 0.1) is 5.69 Å². The van der Waals surface area contributed by atoms with E-state index >= 15 is 0 Å². The number of benzene rings is 2. The van der Waals surface area contributed by atoms with Crippen molar-refractivity contribution in [2.75, 3.05) is 0 Å². The Labute approximate surface area is 188 Å². The first kappa shape index (κ1) is 21.7. The molecule has 164 valence electrons. The van der Waals surface area contributed by atoms with Crippen LogP contribution in [0.5, 0.6) is 0 Å². The molecule has 0 bridgehead atoms. The van der Waals surface area contributed by atoms with E-state index in [1.54, 1.807) is 35.0 Å². The minimum Gasteiger partial charge on any atom is -0.352 e. The Hall–Kier alpha value is -3.52. The van der Waals surface area contributed by atoms with Gasteiger partial charge in [0, 0.05) is 36.8 Å². The highest BCUT2D eigenvalue weighted by atomic mass is 35.5. The maximum atomic E-state index is 13.5. The molecule has 4 aromatic rings. The molecule has 0 radical (unpaired) electrons. The smallest absolute Gasteiger partial charge is 0.300 e. The van der Waals surface area contributed by atoms with Gasteiger partial charge in [-0.05, 0) is 41.8 Å². The van der Waals surface area contributed by atoms with Crippen LogP contribution < -0.4 is 10.9 Å². The highest BCUT2D eigenvalue weighted by molar-refractivity contribution is 6.30. The van der Waals surface area contributed by atoms with Crippen LogP contribution in [-0.2, 0) is 17.8 Å². The molecular weight excluding hydrogens is 433 g/mol. The molecule has 1 atom stereocenters. The van der Waals surface area contributed by atoms with Crippen molar-refractivity contribution in [3.8, 4) is 5.69 Å². The van der Waals surface area contributed by atoms with Gasteiger partial charge in [-0.1, -0.05) is 36.7 Å². The van der Waals surface area contributed by atoms with Gasteiger partial charge in [0.1, 0.15) is 11.6 Å². The quantitative estimate of drug-likeness (QED) is 0.464. The SMILES string of the molecule is C[C@@H](CC(=O)NCc1ccc(Cl)cc1)Cc1nnc2c(=O)n(-c3cccc(F)c3)ccn12. The van der Waals surface area contributed by atoms with Crippen LogP contribution in [0.4, 0.5) is 4.39 Å². The molecule has 2 aromatic heterocycles. The van der Waals surface area contributed by atoms with E-state index in [0.29, 0.717) is 35.9 Å². The molecule has 0 saturated heterocycles. The lowest BCUT2D eigenvalue weighted by atomic mass is 10.0. The lowest BCUT2D eigenvalue weighted by Gasteiger charge is -2.11. The van der Waals surface area contributed by atoms with Crippen molar-refractivity contribution in [3.05, 3.63) is 93.5 Å². The predicted molar refractivity (Wildman–Crippen MR) is 119 cm³/mol. The predicted octanol–water partition coefficient (Wildman–Crippen LogP) is 3.56. The first-order chi connectivity index (χ1) is 15.4. The number of carbonyl (C=O) groups excluding carboxylic acids is 1. The molecule has 32 heavy (non-hydrogen) atoms. The second-order valence-electron chi connectivity index (χ2n) is 7.68. The Bertz CT molecular complexity index is 1320. The van der Waals surface area contributed by atoms with Gasteiger partial charge in [0.15, 0.2) is 0 Å². The van der Waals surface area contributed by atoms with Crippen molar-refractivity contribution < 1.29 is 9.18 Å². The summed E-state index contributed by atoms with van der Waals surface area (Å²) in [6, 6.07) is 13.1. The van der Waals surface area contributed by atoms with Gasteiger partial charge in [-0.15, -0.1) is 10.2 Å². The molecule has 0 aliphatic carbocycles. The molecule has 7 nitrogen and oxygen atoms in total. The largest absolute Gasteiger partial charge is 0.352 e. The zero-order valence-electron chi connectivity index (χ0n) is 17.3. The third-order valence-corrected chi connectivity index (χ3v) is 5.35. The Morgan fingerprint density at radius 2 is 1.94 bits per heavy atom. The van der Waals surface area contributed by atoms with Crippen LogP contribution in [-0.4, -0.2) is 25.1 Å². The molecule has 0 unspecified atom stereocenters. The topological polar surface area (TPSA) is 81.3 Å². The van der Waals surface area contributed by atoms with Gasteiger partial charge < -0.3 is 5.32 Å². The molecule has 0 saturated carbocycles. The lowest BCUT2D eigenvalue weighted by Crippen LogP contribution is -2.25. The monoisotopic (exact) mass is 453 g/mol. The summed E-state index contributed by atoms with van der Waals surface area (Å²) in [5.74, 6) is 0.0640. The van der Waals surface area contributed by atoms with Gasteiger partial charge >= 0.3 is 5.56 Å². The van der Waals surface area contributed by atoms with Crippen LogP contribution >= 0.6 is 11.6 Å². The summed E-state index contributed by atoms with van der Waals surface area (Å²) in [4.78, 5) is 25.1. The Morgan fingerprint density at radius 1 is 1.16 bits per heavy atom. The molecular formula is C23H21ClFN5O2. The number of aromatic nitrogens is 4. The maximum Gasteiger partial charge on any atom is 0.300 e. The summed E-state index contributed by atoms with van der Waals surface area (Å²) < 4.78 is 16.5. The average molecular weight is 454 g/mol. The standard InChI is InChI=1S/C23H21ClFN5O2/c1-15(12-21(31)26-14-16-5-7-17(24)8-6-16)11-20-27-28-22-23(32)29(9-10-30(20)22)19-4-2-3-18(25)13-19/h2-10,13,15H,11-12,14H2,1H3,(H,26,31)/t15-/m1/s1. The fourth-order valence-electron chi connectivity index (χ4n) is 3.48. The summed E-state index contributed by atoms with van der Waals surface area (Å²) in [6.07, 6.45) is 4.01. The third-order valence-electron chi connectivity index (χ3n) is 5.10. The summed E-state index contributed by atoms with van der Waals surface area (Å²) in [7, 11) is 0. The van der Waals surface area contributed by atoms with Gasteiger partial charge in [-0.3, -0.25) is 18.6 Å². The summed E-state index contributed by atoms with van der Waals surface area (Å²) >= 11 is 5.87. The molecule has 9 heteroatoms. The fourth-order valence-corrected chi connectivity index (χ4v) is 3.60. The minimum absolute atomic E-state index is 0.0155. The van der Waals surface area contributed by atoms with Gasteiger partial charge in [-0.25, -0.2) is 4.39 Å². The average Bonchev–Trinajstić information content (AvgIpc) is 3.17. The van der Waals surface area contributed by atoms with E-state index in [2.05, 4.69) is 15.5 Å². The number of halogens is 2. The number of rotatable bonds is 7. The van der Waals surface area contributed by atoms with Gasteiger partial charge in [-0.2, -0.15) is 0 Å². The Kier molecular flexibility index (Phi) is 6.32. The van der Waals surface area contributed by atoms with E-state index < -0.39 is 11.4 Å². The number of fused-ring (bicyclic) bond motifs is 1. The molecule has 1 amide bonds. The lowest BCUT2D eigenvalue weighted by molar-refractivity contribution is -0.122. The number of carbonyl (C=O) groups is 1. The second kappa shape index (κ2) is 9.32. The number of amides is 1. The number of hydrogen-bond acceptors (Lipinski definition) is 4. The molecule has 0 aliphatic heterocycles. The molecule has 2 aromatic carbocycles. The molecule has 1 N–H and O–H groups in total. The molecule has 2 heterocycles. The zero-order valence-corrected chi connectivity index (χ0v) is 18.1. The van der Waals surface area contributed by atoms with Crippen molar-refractivity contribution in [3.63, 3.8) is 0 Å². The summed E-state index contributed by atoms with van der Waals surface area (Å²) in [5.41, 5.74) is 1.12. The normalized spacial score (nSPS) is 12.1. The number of hydrogen-bond donors (Lipinski definition) is 1. The Balaban J connectivity index is 1.42. The van der Waals surface area contributed by atoms with Crippen molar-refractivity contribution in [1.82, 2.24) is 24.5 Å².